The highest BCUT2D eigenvalue weighted by Gasteiger charge is 2.28. The van der Waals surface area contributed by atoms with Crippen LogP contribution in [0.5, 0.6) is 11.5 Å². The van der Waals surface area contributed by atoms with Crippen molar-refractivity contribution in [1.29, 1.82) is 0 Å². The average Bonchev–Trinajstić information content (AvgIpc) is 3.20. The van der Waals surface area contributed by atoms with E-state index in [1.165, 1.54) is 0 Å². The van der Waals surface area contributed by atoms with Crippen LogP contribution in [-0.2, 0) is 22.6 Å². The SMILES string of the molecule is COc1ccccc1-c1noc(COC(=O)C2COc3ccc(Cl)cc3C2)n1. The summed E-state index contributed by atoms with van der Waals surface area (Å²) in [4.78, 5) is 16.7. The molecule has 3 aromatic rings. The molecule has 4 rings (SSSR count). The van der Waals surface area contributed by atoms with Gasteiger partial charge >= 0.3 is 5.97 Å². The average molecular weight is 401 g/mol. The summed E-state index contributed by atoms with van der Waals surface area (Å²) < 4.78 is 21.4. The van der Waals surface area contributed by atoms with Crippen LogP contribution < -0.4 is 9.47 Å². The highest BCUT2D eigenvalue weighted by Crippen LogP contribution is 2.30. The molecule has 0 N–H and O–H groups in total. The summed E-state index contributed by atoms with van der Waals surface area (Å²) in [5, 5.41) is 4.53. The Kier molecular flexibility index (Phi) is 5.16. The van der Waals surface area contributed by atoms with E-state index in [1.807, 2.05) is 18.2 Å². The first-order valence-corrected chi connectivity index (χ1v) is 9.05. The van der Waals surface area contributed by atoms with E-state index in [9.17, 15) is 4.79 Å². The molecular formula is C20H17ClN2O5. The van der Waals surface area contributed by atoms with Gasteiger partial charge in [0, 0.05) is 5.02 Å². The Morgan fingerprint density at radius 3 is 3.00 bits per heavy atom. The van der Waals surface area contributed by atoms with Crippen LogP contribution >= 0.6 is 11.6 Å². The number of hydrogen-bond acceptors (Lipinski definition) is 7. The molecule has 0 spiro atoms. The second-order valence-corrected chi connectivity index (χ2v) is 6.72. The lowest BCUT2D eigenvalue weighted by Gasteiger charge is -2.23. The van der Waals surface area contributed by atoms with Crippen molar-refractivity contribution in [2.75, 3.05) is 13.7 Å². The van der Waals surface area contributed by atoms with E-state index < -0.39 is 5.92 Å². The van der Waals surface area contributed by atoms with Crippen LogP contribution in [0.15, 0.2) is 47.0 Å². The number of aromatic nitrogens is 2. The summed E-state index contributed by atoms with van der Waals surface area (Å²) >= 11 is 6.01. The molecule has 2 aromatic carbocycles. The van der Waals surface area contributed by atoms with E-state index >= 15 is 0 Å². The molecule has 0 radical (unpaired) electrons. The molecule has 0 bridgehead atoms. The Morgan fingerprint density at radius 1 is 1.29 bits per heavy atom. The third-order valence-electron chi connectivity index (χ3n) is 4.42. The van der Waals surface area contributed by atoms with Gasteiger partial charge in [0.2, 0.25) is 5.82 Å². The van der Waals surface area contributed by atoms with E-state index in [1.54, 1.807) is 31.4 Å². The van der Waals surface area contributed by atoms with Crippen LogP contribution in [0.25, 0.3) is 11.4 Å². The number of methoxy groups -OCH3 is 1. The molecular weight excluding hydrogens is 384 g/mol. The highest BCUT2D eigenvalue weighted by molar-refractivity contribution is 6.30. The van der Waals surface area contributed by atoms with E-state index in [0.29, 0.717) is 28.6 Å². The molecule has 2 heterocycles. The molecule has 0 aliphatic carbocycles. The van der Waals surface area contributed by atoms with Crippen LogP contribution in [0, 0.1) is 5.92 Å². The quantitative estimate of drug-likeness (QED) is 0.604. The molecule has 0 fully saturated rings. The molecule has 0 amide bonds. The number of hydrogen-bond donors (Lipinski definition) is 0. The van der Waals surface area contributed by atoms with Crippen molar-refractivity contribution >= 4 is 17.6 Å². The summed E-state index contributed by atoms with van der Waals surface area (Å²) in [5.41, 5.74) is 1.58. The lowest BCUT2D eigenvalue weighted by atomic mass is 9.97. The number of carbonyl (C=O) groups excluding carboxylic acids is 1. The fraction of sp³-hybridized carbons (Fsp3) is 0.250. The smallest absolute Gasteiger partial charge is 0.313 e. The van der Waals surface area contributed by atoms with E-state index in [-0.39, 0.29) is 25.1 Å². The summed E-state index contributed by atoms with van der Waals surface area (Å²) in [7, 11) is 1.57. The van der Waals surface area contributed by atoms with Crippen LogP contribution in [0.1, 0.15) is 11.5 Å². The number of carbonyl (C=O) groups is 1. The van der Waals surface area contributed by atoms with Crippen molar-refractivity contribution in [1.82, 2.24) is 10.1 Å². The third kappa shape index (κ3) is 3.80. The summed E-state index contributed by atoms with van der Waals surface area (Å²) in [6, 6.07) is 12.7. The van der Waals surface area contributed by atoms with Gasteiger partial charge in [-0.1, -0.05) is 28.9 Å². The number of halogens is 1. The first kappa shape index (κ1) is 18.3. The molecule has 1 aliphatic rings. The molecule has 1 aromatic heterocycles. The predicted molar refractivity (Wildman–Crippen MR) is 100 cm³/mol. The Bertz CT molecular complexity index is 1000. The molecule has 1 atom stereocenters. The first-order chi connectivity index (χ1) is 13.6. The van der Waals surface area contributed by atoms with Crippen LogP contribution in [0.3, 0.4) is 0 Å². The standard InChI is InChI=1S/C20H17ClN2O5/c1-25-17-5-3-2-4-15(17)19-22-18(28-23-19)11-27-20(24)13-8-12-9-14(21)6-7-16(12)26-10-13/h2-7,9,13H,8,10-11H2,1H3. The van der Waals surface area contributed by atoms with E-state index in [2.05, 4.69) is 10.1 Å². The van der Waals surface area contributed by atoms with Gasteiger partial charge in [-0.15, -0.1) is 0 Å². The normalized spacial score (nSPS) is 15.4. The second kappa shape index (κ2) is 7.90. The van der Waals surface area contributed by atoms with Gasteiger partial charge in [0.15, 0.2) is 6.61 Å². The zero-order valence-corrected chi connectivity index (χ0v) is 15.8. The van der Waals surface area contributed by atoms with Crippen LogP contribution in [0.4, 0.5) is 0 Å². The second-order valence-electron chi connectivity index (χ2n) is 6.28. The van der Waals surface area contributed by atoms with Gasteiger partial charge in [0.05, 0.1) is 18.6 Å². The number of benzene rings is 2. The van der Waals surface area contributed by atoms with E-state index in [4.69, 9.17) is 30.3 Å². The fourth-order valence-corrected chi connectivity index (χ4v) is 3.21. The maximum atomic E-state index is 12.4. The first-order valence-electron chi connectivity index (χ1n) is 8.68. The van der Waals surface area contributed by atoms with Crippen molar-refractivity contribution in [2.24, 2.45) is 5.92 Å². The molecule has 1 unspecified atom stereocenters. The number of esters is 1. The van der Waals surface area contributed by atoms with Gasteiger partial charge in [-0.25, -0.2) is 0 Å². The fourth-order valence-electron chi connectivity index (χ4n) is 3.02. The third-order valence-corrected chi connectivity index (χ3v) is 4.65. The van der Waals surface area contributed by atoms with Crippen molar-refractivity contribution < 1.29 is 23.5 Å². The maximum absolute atomic E-state index is 12.4. The van der Waals surface area contributed by atoms with Gasteiger partial charge in [-0.05, 0) is 42.3 Å². The molecule has 144 valence electrons. The minimum atomic E-state index is -0.414. The number of nitrogens with zero attached hydrogens (tertiary/aromatic N) is 2. The Balaban J connectivity index is 1.39. The zero-order chi connectivity index (χ0) is 19.5. The van der Waals surface area contributed by atoms with Crippen molar-refractivity contribution in [3.05, 3.63) is 58.9 Å². The summed E-state index contributed by atoms with van der Waals surface area (Å²) in [6.07, 6.45) is 0.505. The van der Waals surface area contributed by atoms with Gasteiger partial charge in [-0.2, -0.15) is 4.98 Å². The number of fused-ring (bicyclic) bond motifs is 1. The Labute approximate surface area is 166 Å². The Hall–Kier alpha value is -3.06. The number of rotatable bonds is 5. The van der Waals surface area contributed by atoms with Gasteiger partial charge in [0.1, 0.15) is 18.1 Å². The zero-order valence-electron chi connectivity index (χ0n) is 15.1. The lowest BCUT2D eigenvalue weighted by molar-refractivity contribution is -0.152. The predicted octanol–water partition coefficient (Wildman–Crippen LogP) is 3.69. The van der Waals surface area contributed by atoms with Crippen molar-refractivity contribution in [3.8, 4) is 22.9 Å². The van der Waals surface area contributed by atoms with Crippen molar-refractivity contribution in [2.45, 2.75) is 13.0 Å². The van der Waals surface area contributed by atoms with Gasteiger partial charge in [-0.3, -0.25) is 4.79 Å². The molecule has 1 aliphatic heterocycles. The van der Waals surface area contributed by atoms with Crippen molar-refractivity contribution in [3.63, 3.8) is 0 Å². The van der Waals surface area contributed by atoms with Gasteiger partial charge < -0.3 is 18.7 Å². The topological polar surface area (TPSA) is 83.7 Å². The minimum absolute atomic E-state index is 0.111. The van der Waals surface area contributed by atoms with Gasteiger partial charge in [0.25, 0.3) is 5.89 Å². The largest absolute Gasteiger partial charge is 0.496 e. The molecule has 8 heteroatoms. The summed E-state index contributed by atoms with van der Waals surface area (Å²) in [5.74, 6) is 1.14. The van der Waals surface area contributed by atoms with E-state index in [0.717, 1.165) is 11.3 Å². The maximum Gasteiger partial charge on any atom is 0.313 e. The van der Waals surface area contributed by atoms with Crippen LogP contribution in [0.2, 0.25) is 5.02 Å². The molecule has 28 heavy (non-hydrogen) atoms. The number of ether oxygens (including phenoxy) is 3. The molecule has 0 saturated heterocycles. The lowest BCUT2D eigenvalue weighted by Crippen LogP contribution is -2.29. The highest BCUT2D eigenvalue weighted by atomic mass is 35.5. The monoisotopic (exact) mass is 400 g/mol. The molecule has 7 nitrogen and oxygen atoms in total. The van der Waals surface area contributed by atoms with Crippen LogP contribution in [-0.4, -0.2) is 29.8 Å². The minimum Gasteiger partial charge on any atom is -0.496 e. The summed E-state index contributed by atoms with van der Waals surface area (Å²) in [6.45, 7) is 0.143. The Morgan fingerprint density at radius 2 is 2.14 bits per heavy atom. The molecule has 0 saturated carbocycles. The number of para-hydroxylation sites is 1.